The first-order chi connectivity index (χ1) is 10.1. The maximum atomic E-state index is 5.91. The lowest BCUT2D eigenvalue weighted by molar-refractivity contribution is -0.0443. The van der Waals surface area contributed by atoms with Gasteiger partial charge in [-0.3, -0.25) is 4.90 Å². The molecule has 1 unspecified atom stereocenters. The second-order valence-corrected chi connectivity index (χ2v) is 5.83. The molecule has 1 N–H and O–H groups in total. The van der Waals surface area contributed by atoms with Crippen LogP contribution >= 0.6 is 0 Å². The highest BCUT2D eigenvalue weighted by atomic mass is 16.5. The van der Waals surface area contributed by atoms with Gasteiger partial charge in [0.15, 0.2) is 5.82 Å². The Morgan fingerprint density at radius 1 is 1.38 bits per heavy atom. The molecule has 0 aliphatic carbocycles. The Bertz CT molecular complexity index is 450. The average Bonchev–Trinajstić information content (AvgIpc) is 2.52. The largest absolute Gasteiger partial charge is 0.370 e. The minimum absolute atomic E-state index is 0.0187. The summed E-state index contributed by atoms with van der Waals surface area (Å²) in [6.07, 6.45) is 1.98. The molecule has 21 heavy (non-hydrogen) atoms. The number of ether oxygens (including phenoxy) is 1. The highest BCUT2D eigenvalue weighted by molar-refractivity contribution is 5.36. The van der Waals surface area contributed by atoms with Gasteiger partial charge in [-0.05, 0) is 26.7 Å². The van der Waals surface area contributed by atoms with E-state index >= 15 is 0 Å². The van der Waals surface area contributed by atoms with Gasteiger partial charge >= 0.3 is 0 Å². The van der Waals surface area contributed by atoms with E-state index in [1.54, 1.807) is 0 Å². The highest BCUT2D eigenvalue weighted by Gasteiger charge is 2.26. The first-order valence-electron chi connectivity index (χ1n) is 8.11. The van der Waals surface area contributed by atoms with Gasteiger partial charge in [0, 0.05) is 37.4 Å². The van der Waals surface area contributed by atoms with Gasteiger partial charge in [-0.1, -0.05) is 13.8 Å². The molecular formula is C16H28N4O. The molecule has 0 saturated carbocycles. The zero-order valence-corrected chi connectivity index (χ0v) is 13.7. The summed E-state index contributed by atoms with van der Waals surface area (Å²) in [6.45, 7) is 12.3. The van der Waals surface area contributed by atoms with Crippen LogP contribution in [0.3, 0.4) is 0 Å². The van der Waals surface area contributed by atoms with Gasteiger partial charge in [-0.15, -0.1) is 0 Å². The molecule has 0 aromatic carbocycles. The van der Waals surface area contributed by atoms with Crippen LogP contribution in [0.4, 0.5) is 5.82 Å². The molecule has 1 fully saturated rings. The molecule has 1 saturated heterocycles. The molecule has 0 spiro atoms. The number of aromatic nitrogens is 2. The van der Waals surface area contributed by atoms with Crippen molar-refractivity contribution in [3.05, 3.63) is 17.6 Å². The third-order valence-corrected chi connectivity index (χ3v) is 3.83. The summed E-state index contributed by atoms with van der Waals surface area (Å²) in [7, 11) is 0. The van der Waals surface area contributed by atoms with E-state index in [1.807, 2.05) is 6.07 Å². The molecule has 1 aromatic rings. The summed E-state index contributed by atoms with van der Waals surface area (Å²) < 4.78 is 5.91. The van der Waals surface area contributed by atoms with Gasteiger partial charge in [0.05, 0.1) is 6.61 Å². The molecule has 0 radical (unpaired) electrons. The number of morpholine rings is 1. The van der Waals surface area contributed by atoms with Crippen LogP contribution in [-0.2, 0) is 11.2 Å². The molecule has 2 heterocycles. The lowest BCUT2D eigenvalue weighted by Crippen LogP contribution is -2.42. The minimum Gasteiger partial charge on any atom is -0.370 e. The molecule has 1 aliphatic heterocycles. The quantitative estimate of drug-likeness (QED) is 0.873. The standard InChI is InChI=1S/C16H28N4O/c1-5-7-17-15-10-13(6-2)18-16(19-15)14-11-20(12(3)4)8-9-21-14/h10,12,14H,5-9,11H2,1-4H3,(H,17,18,19). The number of aryl methyl sites for hydroxylation is 1. The maximum Gasteiger partial charge on any atom is 0.161 e. The minimum atomic E-state index is -0.0187. The molecule has 5 nitrogen and oxygen atoms in total. The molecule has 5 heteroatoms. The maximum absolute atomic E-state index is 5.91. The number of anilines is 1. The molecule has 1 atom stereocenters. The summed E-state index contributed by atoms with van der Waals surface area (Å²) in [5.74, 6) is 1.74. The normalized spacial score (nSPS) is 20.0. The zero-order valence-electron chi connectivity index (χ0n) is 13.7. The van der Waals surface area contributed by atoms with E-state index in [-0.39, 0.29) is 6.10 Å². The fraction of sp³-hybridized carbons (Fsp3) is 0.750. The van der Waals surface area contributed by atoms with E-state index in [1.165, 1.54) is 0 Å². The summed E-state index contributed by atoms with van der Waals surface area (Å²) in [5, 5.41) is 3.36. The Morgan fingerprint density at radius 3 is 2.86 bits per heavy atom. The van der Waals surface area contributed by atoms with Crippen molar-refractivity contribution in [1.82, 2.24) is 14.9 Å². The number of rotatable bonds is 6. The number of nitrogens with one attached hydrogen (secondary N) is 1. The van der Waals surface area contributed by atoms with E-state index in [4.69, 9.17) is 4.74 Å². The molecule has 0 bridgehead atoms. The Balaban J connectivity index is 2.17. The first-order valence-corrected chi connectivity index (χ1v) is 8.11. The summed E-state index contributed by atoms with van der Waals surface area (Å²) >= 11 is 0. The molecular weight excluding hydrogens is 264 g/mol. The Labute approximate surface area is 128 Å². The predicted molar refractivity (Wildman–Crippen MR) is 85.6 cm³/mol. The third-order valence-electron chi connectivity index (χ3n) is 3.83. The van der Waals surface area contributed by atoms with Crippen LogP contribution in [0.25, 0.3) is 0 Å². The summed E-state index contributed by atoms with van der Waals surface area (Å²) in [6, 6.07) is 2.57. The van der Waals surface area contributed by atoms with Gasteiger partial charge < -0.3 is 10.1 Å². The fourth-order valence-corrected chi connectivity index (χ4v) is 2.48. The lowest BCUT2D eigenvalue weighted by atomic mass is 10.2. The van der Waals surface area contributed by atoms with E-state index in [9.17, 15) is 0 Å². The smallest absolute Gasteiger partial charge is 0.161 e. The van der Waals surface area contributed by atoms with Crippen LogP contribution in [0.1, 0.15) is 51.7 Å². The number of hydrogen-bond acceptors (Lipinski definition) is 5. The van der Waals surface area contributed by atoms with Crippen molar-refractivity contribution >= 4 is 5.82 Å². The topological polar surface area (TPSA) is 50.3 Å². The number of hydrogen-bond donors (Lipinski definition) is 1. The second-order valence-electron chi connectivity index (χ2n) is 5.83. The highest BCUT2D eigenvalue weighted by Crippen LogP contribution is 2.22. The summed E-state index contributed by atoms with van der Waals surface area (Å²) in [5.41, 5.74) is 1.07. The Kier molecular flexibility index (Phi) is 5.94. The van der Waals surface area contributed by atoms with Crippen LogP contribution < -0.4 is 5.32 Å². The summed E-state index contributed by atoms with van der Waals surface area (Å²) in [4.78, 5) is 11.8. The SMILES string of the molecule is CCCNc1cc(CC)nc(C2CN(C(C)C)CCO2)n1. The van der Waals surface area contributed by atoms with Gasteiger partial charge in [0.2, 0.25) is 0 Å². The van der Waals surface area contributed by atoms with Gasteiger partial charge in [-0.2, -0.15) is 0 Å². The number of nitrogens with zero attached hydrogens (tertiary/aromatic N) is 3. The third kappa shape index (κ3) is 4.38. The van der Waals surface area contributed by atoms with Crippen molar-refractivity contribution in [3.63, 3.8) is 0 Å². The monoisotopic (exact) mass is 292 g/mol. The Hall–Kier alpha value is -1.20. The zero-order chi connectivity index (χ0) is 15.2. The molecule has 118 valence electrons. The van der Waals surface area contributed by atoms with Crippen LogP contribution in [0.2, 0.25) is 0 Å². The van der Waals surface area contributed by atoms with Crippen LogP contribution in [-0.4, -0.2) is 47.2 Å². The van der Waals surface area contributed by atoms with Crippen molar-refractivity contribution in [3.8, 4) is 0 Å². The lowest BCUT2D eigenvalue weighted by Gasteiger charge is -2.34. The van der Waals surface area contributed by atoms with Gasteiger partial charge in [0.1, 0.15) is 11.9 Å². The second kappa shape index (κ2) is 7.71. The van der Waals surface area contributed by atoms with Crippen molar-refractivity contribution < 1.29 is 4.74 Å². The van der Waals surface area contributed by atoms with Crippen LogP contribution in [0.5, 0.6) is 0 Å². The predicted octanol–water partition coefficient (Wildman–Crippen LogP) is 2.64. The van der Waals surface area contributed by atoms with E-state index < -0.39 is 0 Å². The van der Waals surface area contributed by atoms with Crippen LogP contribution in [0, 0.1) is 0 Å². The molecule has 1 aromatic heterocycles. The molecule has 1 aliphatic rings. The van der Waals surface area contributed by atoms with E-state index in [2.05, 4.69) is 47.9 Å². The Morgan fingerprint density at radius 2 is 2.19 bits per heavy atom. The fourth-order valence-electron chi connectivity index (χ4n) is 2.48. The van der Waals surface area contributed by atoms with Crippen molar-refractivity contribution in [2.45, 2.75) is 52.7 Å². The van der Waals surface area contributed by atoms with Crippen LogP contribution in [0.15, 0.2) is 6.07 Å². The van der Waals surface area contributed by atoms with Gasteiger partial charge in [-0.25, -0.2) is 9.97 Å². The first kappa shape index (κ1) is 16.2. The van der Waals surface area contributed by atoms with Crippen molar-refractivity contribution in [2.24, 2.45) is 0 Å². The van der Waals surface area contributed by atoms with E-state index in [0.29, 0.717) is 6.04 Å². The average molecular weight is 292 g/mol. The van der Waals surface area contributed by atoms with E-state index in [0.717, 1.165) is 56.4 Å². The van der Waals surface area contributed by atoms with Gasteiger partial charge in [0.25, 0.3) is 0 Å². The molecule has 0 amide bonds. The van der Waals surface area contributed by atoms with Crippen molar-refractivity contribution in [2.75, 3.05) is 31.6 Å². The molecule has 2 rings (SSSR count). The van der Waals surface area contributed by atoms with Crippen molar-refractivity contribution in [1.29, 1.82) is 0 Å².